The van der Waals surface area contributed by atoms with Crippen molar-refractivity contribution in [1.82, 2.24) is 4.98 Å². The molecule has 1 aliphatic carbocycles. The van der Waals surface area contributed by atoms with Crippen molar-refractivity contribution in [3.63, 3.8) is 0 Å². The van der Waals surface area contributed by atoms with Gasteiger partial charge in [0.05, 0.1) is 0 Å². The normalized spacial score (nSPS) is 16.2. The van der Waals surface area contributed by atoms with Crippen LogP contribution in [0.15, 0.2) is 85.1 Å². The standard InChI is InChI=1S/C25H25N/c1-25(2,18-21-12-8-9-15-26-21)24-17-20(16-19-10-4-3-5-11-19)22-13-6-7-14-23(22)24/h3-15,17,20H,16,18H2,1-2H3. The highest BCUT2D eigenvalue weighted by Crippen LogP contribution is 2.47. The molecule has 0 aliphatic heterocycles. The molecule has 4 rings (SSSR count). The first-order valence-electron chi connectivity index (χ1n) is 9.39. The number of hydrogen-bond acceptors (Lipinski definition) is 1. The minimum atomic E-state index is 0.0515. The molecule has 0 N–H and O–H groups in total. The maximum absolute atomic E-state index is 4.55. The summed E-state index contributed by atoms with van der Waals surface area (Å²) in [5.74, 6) is 0.451. The Labute approximate surface area is 156 Å². The third-order valence-electron chi connectivity index (χ3n) is 5.40. The summed E-state index contributed by atoms with van der Waals surface area (Å²) in [5, 5.41) is 0. The van der Waals surface area contributed by atoms with Gasteiger partial charge < -0.3 is 0 Å². The van der Waals surface area contributed by atoms with E-state index >= 15 is 0 Å². The van der Waals surface area contributed by atoms with Gasteiger partial charge in [-0.3, -0.25) is 4.98 Å². The molecule has 0 spiro atoms. The van der Waals surface area contributed by atoms with E-state index in [4.69, 9.17) is 0 Å². The van der Waals surface area contributed by atoms with E-state index in [2.05, 4.69) is 91.6 Å². The van der Waals surface area contributed by atoms with E-state index in [1.165, 1.54) is 22.3 Å². The molecule has 0 radical (unpaired) electrons. The van der Waals surface area contributed by atoms with Gasteiger partial charge in [0.15, 0.2) is 0 Å². The Balaban J connectivity index is 1.67. The number of hydrogen-bond donors (Lipinski definition) is 0. The van der Waals surface area contributed by atoms with E-state index < -0.39 is 0 Å². The van der Waals surface area contributed by atoms with Gasteiger partial charge in [-0.05, 0) is 52.7 Å². The van der Waals surface area contributed by atoms with Crippen LogP contribution >= 0.6 is 0 Å². The average molecular weight is 339 g/mol. The molecule has 1 aromatic heterocycles. The van der Waals surface area contributed by atoms with Crippen LogP contribution in [0.3, 0.4) is 0 Å². The molecule has 0 saturated heterocycles. The van der Waals surface area contributed by atoms with Crippen molar-refractivity contribution in [2.75, 3.05) is 0 Å². The highest BCUT2D eigenvalue weighted by molar-refractivity contribution is 5.78. The van der Waals surface area contributed by atoms with Crippen molar-refractivity contribution in [3.05, 3.63) is 107 Å². The SMILES string of the molecule is CC(C)(Cc1ccccn1)C1=CC(Cc2ccccc2)c2ccccc21. The molecule has 0 bridgehead atoms. The van der Waals surface area contributed by atoms with E-state index in [0.717, 1.165) is 18.5 Å². The van der Waals surface area contributed by atoms with Gasteiger partial charge >= 0.3 is 0 Å². The van der Waals surface area contributed by atoms with Gasteiger partial charge in [-0.2, -0.15) is 0 Å². The predicted molar refractivity (Wildman–Crippen MR) is 109 cm³/mol. The Hall–Kier alpha value is -2.67. The van der Waals surface area contributed by atoms with Crippen LogP contribution in [0.5, 0.6) is 0 Å². The number of rotatable bonds is 5. The molecule has 130 valence electrons. The van der Waals surface area contributed by atoms with E-state index in [-0.39, 0.29) is 5.41 Å². The fraction of sp³-hybridized carbons (Fsp3) is 0.240. The number of aromatic nitrogens is 1. The quantitative estimate of drug-likeness (QED) is 0.549. The molecular formula is C25H25N. The summed E-state index contributed by atoms with van der Waals surface area (Å²) < 4.78 is 0. The first-order valence-corrected chi connectivity index (χ1v) is 9.39. The zero-order valence-electron chi connectivity index (χ0n) is 15.5. The molecule has 0 amide bonds. The third kappa shape index (κ3) is 3.35. The average Bonchev–Trinajstić information content (AvgIpc) is 3.03. The molecule has 26 heavy (non-hydrogen) atoms. The molecule has 2 aromatic carbocycles. The van der Waals surface area contributed by atoms with Gasteiger partial charge in [-0.1, -0.05) is 80.6 Å². The van der Waals surface area contributed by atoms with Gasteiger partial charge in [-0.25, -0.2) is 0 Å². The van der Waals surface area contributed by atoms with Crippen LogP contribution in [0.2, 0.25) is 0 Å². The second kappa shape index (κ2) is 6.92. The monoisotopic (exact) mass is 339 g/mol. The van der Waals surface area contributed by atoms with E-state index in [9.17, 15) is 0 Å². The summed E-state index contributed by atoms with van der Waals surface area (Å²) in [6.07, 6.45) is 6.40. The van der Waals surface area contributed by atoms with Crippen molar-refractivity contribution in [3.8, 4) is 0 Å². The van der Waals surface area contributed by atoms with Crippen LogP contribution in [-0.2, 0) is 12.8 Å². The van der Waals surface area contributed by atoms with Crippen LogP contribution < -0.4 is 0 Å². The Bertz CT molecular complexity index is 907. The minimum absolute atomic E-state index is 0.0515. The number of nitrogens with zero attached hydrogens (tertiary/aromatic N) is 1. The van der Waals surface area contributed by atoms with Gasteiger partial charge in [0, 0.05) is 17.8 Å². The number of fused-ring (bicyclic) bond motifs is 1. The van der Waals surface area contributed by atoms with Crippen molar-refractivity contribution in [1.29, 1.82) is 0 Å². The van der Waals surface area contributed by atoms with Gasteiger partial charge in [0.2, 0.25) is 0 Å². The van der Waals surface area contributed by atoms with Gasteiger partial charge in [0.1, 0.15) is 0 Å². The summed E-state index contributed by atoms with van der Waals surface area (Å²) in [4.78, 5) is 4.55. The zero-order valence-corrected chi connectivity index (χ0v) is 15.5. The van der Waals surface area contributed by atoms with Gasteiger partial charge in [0.25, 0.3) is 0 Å². The first-order chi connectivity index (χ1) is 12.6. The molecule has 1 heteroatoms. The van der Waals surface area contributed by atoms with Crippen LogP contribution in [0, 0.1) is 5.41 Å². The Kier molecular flexibility index (Phi) is 4.46. The molecule has 1 unspecified atom stereocenters. The summed E-state index contributed by atoms with van der Waals surface area (Å²) in [5.41, 5.74) is 6.93. The molecule has 1 nitrogen and oxygen atoms in total. The lowest BCUT2D eigenvalue weighted by molar-refractivity contribution is 0.492. The van der Waals surface area contributed by atoms with Crippen LogP contribution in [0.1, 0.15) is 42.1 Å². The highest BCUT2D eigenvalue weighted by atomic mass is 14.7. The largest absolute Gasteiger partial charge is 0.261 e. The molecule has 3 aromatic rings. The summed E-state index contributed by atoms with van der Waals surface area (Å²) in [6, 6.07) is 25.9. The van der Waals surface area contributed by atoms with Crippen LogP contribution in [-0.4, -0.2) is 4.98 Å². The van der Waals surface area contributed by atoms with E-state index in [0.29, 0.717) is 5.92 Å². The first kappa shape index (κ1) is 16.8. The zero-order chi connectivity index (χ0) is 18.0. The lowest BCUT2D eigenvalue weighted by Crippen LogP contribution is -2.17. The Morgan fingerprint density at radius 1 is 0.846 bits per heavy atom. The third-order valence-corrected chi connectivity index (χ3v) is 5.40. The van der Waals surface area contributed by atoms with Crippen molar-refractivity contribution in [2.45, 2.75) is 32.6 Å². The second-order valence-electron chi connectivity index (χ2n) is 7.85. The molecule has 0 saturated carbocycles. The summed E-state index contributed by atoms with van der Waals surface area (Å²) in [6.45, 7) is 4.68. The molecular weight excluding hydrogens is 314 g/mol. The van der Waals surface area contributed by atoms with E-state index in [1.807, 2.05) is 12.3 Å². The smallest absolute Gasteiger partial charge is 0.0412 e. The van der Waals surface area contributed by atoms with Crippen molar-refractivity contribution < 1.29 is 0 Å². The predicted octanol–water partition coefficient (Wildman–Crippen LogP) is 6.07. The lowest BCUT2D eigenvalue weighted by Gasteiger charge is -2.27. The summed E-state index contributed by atoms with van der Waals surface area (Å²) >= 11 is 0. The summed E-state index contributed by atoms with van der Waals surface area (Å²) in [7, 11) is 0. The molecule has 1 aliphatic rings. The van der Waals surface area contributed by atoms with Gasteiger partial charge in [-0.15, -0.1) is 0 Å². The molecule has 0 fully saturated rings. The van der Waals surface area contributed by atoms with Crippen molar-refractivity contribution >= 4 is 5.57 Å². The number of benzene rings is 2. The Morgan fingerprint density at radius 2 is 1.58 bits per heavy atom. The fourth-order valence-electron chi connectivity index (χ4n) is 4.12. The Morgan fingerprint density at radius 3 is 2.35 bits per heavy atom. The maximum Gasteiger partial charge on any atom is 0.0412 e. The lowest BCUT2D eigenvalue weighted by atomic mass is 9.77. The van der Waals surface area contributed by atoms with Crippen LogP contribution in [0.4, 0.5) is 0 Å². The maximum atomic E-state index is 4.55. The van der Waals surface area contributed by atoms with Crippen LogP contribution in [0.25, 0.3) is 5.57 Å². The second-order valence-corrected chi connectivity index (χ2v) is 7.85. The number of pyridine rings is 1. The minimum Gasteiger partial charge on any atom is -0.261 e. The fourth-order valence-corrected chi connectivity index (χ4v) is 4.12. The van der Waals surface area contributed by atoms with E-state index in [1.54, 1.807) is 0 Å². The van der Waals surface area contributed by atoms with Crippen molar-refractivity contribution in [2.24, 2.45) is 5.41 Å². The highest BCUT2D eigenvalue weighted by Gasteiger charge is 2.33. The number of allylic oxidation sites excluding steroid dienone is 2. The molecule has 1 heterocycles. The molecule has 1 atom stereocenters. The topological polar surface area (TPSA) is 12.9 Å².